The van der Waals surface area contributed by atoms with Crippen LogP contribution in [0.5, 0.6) is 11.5 Å². The molecule has 0 heterocycles. The van der Waals surface area contributed by atoms with Gasteiger partial charge in [0.05, 0.1) is 20.4 Å². The molecule has 0 aliphatic heterocycles. The quantitative estimate of drug-likeness (QED) is 0.414. The molecule has 0 atom stereocenters. The van der Waals surface area contributed by atoms with Gasteiger partial charge in [0, 0.05) is 11.1 Å². The number of benzene rings is 1. The molecule has 0 spiro atoms. The van der Waals surface area contributed by atoms with Gasteiger partial charge in [-0.15, -0.1) is 5.10 Å². The summed E-state index contributed by atoms with van der Waals surface area (Å²) in [4.78, 5) is 0. The molecule has 7 heteroatoms. The van der Waals surface area contributed by atoms with Crippen LogP contribution >= 0.6 is 0 Å². The first kappa shape index (κ1) is 13.8. The van der Waals surface area contributed by atoms with Crippen LogP contribution in [0, 0.1) is 6.92 Å². The Labute approximate surface area is 105 Å². The number of nitrogens with one attached hydrogen (secondary N) is 1. The highest BCUT2D eigenvalue weighted by Gasteiger charge is 2.09. The van der Waals surface area contributed by atoms with Crippen LogP contribution < -0.4 is 20.7 Å². The summed E-state index contributed by atoms with van der Waals surface area (Å²) in [5.41, 5.74) is 8.47. The SMILES string of the molecule is COc1ccc(/C=N/N=C(\N)NO)c(OC)c1C. The summed E-state index contributed by atoms with van der Waals surface area (Å²) in [5.74, 6) is 1.17. The van der Waals surface area contributed by atoms with Crippen molar-refractivity contribution >= 4 is 12.2 Å². The summed E-state index contributed by atoms with van der Waals surface area (Å²) in [6.45, 7) is 1.88. The summed E-state index contributed by atoms with van der Waals surface area (Å²) in [6, 6.07) is 3.59. The van der Waals surface area contributed by atoms with Gasteiger partial charge in [-0.1, -0.05) is 0 Å². The monoisotopic (exact) mass is 252 g/mol. The van der Waals surface area contributed by atoms with Crippen molar-refractivity contribution in [2.75, 3.05) is 14.2 Å². The third-order valence-electron chi connectivity index (χ3n) is 2.29. The number of hydrogen-bond donors (Lipinski definition) is 3. The van der Waals surface area contributed by atoms with Gasteiger partial charge in [0.1, 0.15) is 11.5 Å². The van der Waals surface area contributed by atoms with Crippen molar-refractivity contribution in [1.82, 2.24) is 5.48 Å². The maximum Gasteiger partial charge on any atom is 0.237 e. The van der Waals surface area contributed by atoms with E-state index in [1.54, 1.807) is 31.8 Å². The molecule has 0 unspecified atom stereocenters. The van der Waals surface area contributed by atoms with Crippen molar-refractivity contribution in [3.05, 3.63) is 23.3 Å². The fraction of sp³-hybridized carbons (Fsp3) is 0.273. The van der Waals surface area contributed by atoms with Crippen LogP contribution in [0.25, 0.3) is 0 Å². The topological polar surface area (TPSA) is 101 Å². The van der Waals surface area contributed by atoms with Crippen molar-refractivity contribution < 1.29 is 14.7 Å². The standard InChI is InChI=1S/C11H16N4O3/c1-7-9(17-2)5-4-8(10(7)18-3)6-13-14-11(12)15-16/h4-6,16H,1-3H3,(H3,12,14,15)/b13-6+. The van der Waals surface area contributed by atoms with Crippen molar-refractivity contribution in [2.24, 2.45) is 15.9 Å². The van der Waals surface area contributed by atoms with Crippen molar-refractivity contribution in [3.63, 3.8) is 0 Å². The van der Waals surface area contributed by atoms with Gasteiger partial charge in [-0.25, -0.2) is 5.48 Å². The summed E-state index contributed by atoms with van der Waals surface area (Å²) >= 11 is 0. The zero-order valence-corrected chi connectivity index (χ0v) is 10.5. The smallest absolute Gasteiger partial charge is 0.237 e. The molecule has 0 fully saturated rings. The van der Waals surface area contributed by atoms with Crippen LogP contribution in [0.3, 0.4) is 0 Å². The molecule has 1 aromatic carbocycles. The molecule has 7 nitrogen and oxygen atoms in total. The van der Waals surface area contributed by atoms with Crippen LogP contribution in [-0.4, -0.2) is 31.6 Å². The van der Waals surface area contributed by atoms with E-state index in [9.17, 15) is 0 Å². The lowest BCUT2D eigenvalue weighted by Gasteiger charge is -2.11. The Bertz CT molecular complexity index is 472. The second-order valence-electron chi connectivity index (χ2n) is 3.36. The lowest BCUT2D eigenvalue weighted by atomic mass is 10.1. The molecule has 0 bridgehead atoms. The molecule has 0 aliphatic rings. The summed E-state index contributed by atoms with van der Waals surface area (Å²) in [6.07, 6.45) is 1.47. The van der Waals surface area contributed by atoms with E-state index in [1.807, 2.05) is 6.92 Å². The molecular weight excluding hydrogens is 236 g/mol. The first-order valence-electron chi connectivity index (χ1n) is 5.12. The molecule has 0 radical (unpaired) electrons. The lowest BCUT2D eigenvalue weighted by Crippen LogP contribution is -2.27. The minimum Gasteiger partial charge on any atom is -0.496 e. The Balaban J connectivity index is 3.07. The van der Waals surface area contributed by atoms with Crippen LogP contribution in [0.1, 0.15) is 11.1 Å². The second kappa shape index (κ2) is 6.45. The van der Waals surface area contributed by atoms with Crippen molar-refractivity contribution in [2.45, 2.75) is 6.92 Å². The van der Waals surface area contributed by atoms with Gasteiger partial charge in [0.2, 0.25) is 5.96 Å². The number of guanidine groups is 1. The normalized spacial score (nSPS) is 11.7. The van der Waals surface area contributed by atoms with Gasteiger partial charge < -0.3 is 15.2 Å². The predicted molar refractivity (Wildman–Crippen MR) is 68.4 cm³/mol. The fourth-order valence-electron chi connectivity index (χ4n) is 1.46. The number of ether oxygens (including phenoxy) is 2. The van der Waals surface area contributed by atoms with Gasteiger partial charge in [0.15, 0.2) is 0 Å². The molecule has 1 aromatic rings. The van der Waals surface area contributed by atoms with E-state index in [0.717, 1.165) is 16.9 Å². The van der Waals surface area contributed by atoms with E-state index < -0.39 is 0 Å². The first-order chi connectivity index (χ1) is 8.63. The number of hydroxylamine groups is 1. The zero-order valence-electron chi connectivity index (χ0n) is 10.5. The minimum absolute atomic E-state index is 0.199. The number of methoxy groups -OCH3 is 2. The number of hydrogen-bond acceptors (Lipinski definition) is 5. The van der Waals surface area contributed by atoms with Crippen LogP contribution in [0.15, 0.2) is 22.3 Å². The number of rotatable bonds is 4. The maximum atomic E-state index is 8.42. The fourth-order valence-corrected chi connectivity index (χ4v) is 1.46. The third-order valence-corrected chi connectivity index (χ3v) is 2.29. The highest BCUT2D eigenvalue weighted by atomic mass is 16.5. The molecule has 18 heavy (non-hydrogen) atoms. The van der Waals surface area contributed by atoms with Gasteiger partial charge in [-0.2, -0.15) is 5.10 Å². The molecule has 98 valence electrons. The highest BCUT2D eigenvalue weighted by Crippen LogP contribution is 2.30. The summed E-state index contributed by atoms with van der Waals surface area (Å²) in [7, 11) is 3.15. The van der Waals surface area contributed by atoms with Crippen molar-refractivity contribution in [3.8, 4) is 11.5 Å². The molecule has 0 amide bonds. The average Bonchev–Trinajstić information content (AvgIpc) is 2.39. The van der Waals surface area contributed by atoms with E-state index in [1.165, 1.54) is 6.21 Å². The van der Waals surface area contributed by atoms with E-state index in [0.29, 0.717) is 5.75 Å². The molecule has 0 saturated carbocycles. The van der Waals surface area contributed by atoms with Crippen LogP contribution in [0.4, 0.5) is 0 Å². The Morgan fingerprint density at radius 2 is 2.11 bits per heavy atom. The third kappa shape index (κ3) is 3.11. The minimum atomic E-state index is -0.199. The molecule has 0 aromatic heterocycles. The number of nitrogens with zero attached hydrogens (tertiary/aromatic N) is 2. The van der Waals surface area contributed by atoms with E-state index in [4.69, 9.17) is 20.4 Å². The van der Waals surface area contributed by atoms with E-state index in [-0.39, 0.29) is 5.96 Å². The average molecular weight is 252 g/mol. The molecule has 0 aliphatic carbocycles. The van der Waals surface area contributed by atoms with Gasteiger partial charge in [-0.05, 0) is 19.1 Å². The maximum absolute atomic E-state index is 8.42. The molecule has 0 saturated heterocycles. The predicted octanol–water partition coefficient (Wildman–Crippen LogP) is 0.640. The second-order valence-corrected chi connectivity index (χ2v) is 3.36. The Hall–Kier alpha value is -2.28. The van der Waals surface area contributed by atoms with Gasteiger partial charge in [0.25, 0.3) is 0 Å². The molecule has 1 rings (SSSR count). The van der Waals surface area contributed by atoms with Crippen LogP contribution in [0.2, 0.25) is 0 Å². The zero-order chi connectivity index (χ0) is 13.5. The van der Waals surface area contributed by atoms with Crippen molar-refractivity contribution in [1.29, 1.82) is 0 Å². The Kier molecular flexibility index (Phi) is 4.94. The Morgan fingerprint density at radius 1 is 1.39 bits per heavy atom. The lowest BCUT2D eigenvalue weighted by molar-refractivity contribution is 0.232. The van der Waals surface area contributed by atoms with Gasteiger partial charge in [-0.3, -0.25) is 5.21 Å². The largest absolute Gasteiger partial charge is 0.496 e. The summed E-state index contributed by atoms with van der Waals surface area (Å²) in [5, 5.41) is 15.6. The summed E-state index contributed by atoms with van der Waals surface area (Å²) < 4.78 is 10.5. The number of nitrogens with two attached hydrogens (primary N) is 1. The highest BCUT2D eigenvalue weighted by molar-refractivity contribution is 5.86. The Morgan fingerprint density at radius 3 is 2.67 bits per heavy atom. The van der Waals surface area contributed by atoms with E-state index in [2.05, 4.69) is 10.2 Å². The molecular formula is C11H16N4O3. The van der Waals surface area contributed by atoms with E-state index >= 15 is 0 Å². The van der Waals surface area contributed by atoms with Crippen LogP contribution in [-0.2, 0) is 0 Å². The van der Waals surface area contributed by atoms with Gasteiger partial charge >= 0.3 is 0 Å². The first-order valence-corrected chi connectivity index (χ1v) is 5.12. The molecule has 4 N–H and O–H groups in total.